The van der Waals surface area contributed by atoms with Crippen LogP contribution in [-0.2, 0) is 0 Å². The highest BCUT2D eigenvalue weighted by atomic mass is 79.9. The Morgan fingerprint density at radius 1 is 1.25 bits per heavy atom. The van der Waals surface area contributed by atoms with E-state index in [0.717, 1.165) is 28.0 Å². The second-order valence-electron chi connectivity index (χ2n) is 4.60. The first-order valence-corrected chi connectivity index (χ1v) is 6.83. The number of aryl methyl sites for hydroxylation is 1. The van der Waals surface area contributed by atoms with Crippen molar-refractivity contribution in [2.75, 3.05) is 5.73 Å². The lowest BCUT2D eigenvalue weighted by Crippen LogP contribution is -2.00. The lowest BCUT2D eigenvalue weighted by atomic mass is 10.2. The van der Waals surface area contributed by atoms with Gasteiger partial charge >= 0.3 is 0 Å². The summed E-state index contributed by atoms with van der Waals surface area (Å²) >= 11 is 3.40. The molecule has 0 aliphatic rings. The fraction of sp³-hybridized carbons (Fsp3) is 0.143. The van der Waals surface area contributed by atoms with Crippen LogP contribution in [0.15, 0.2) is 29.0 Å². The first-order valence-electron chi connectivity index (χ1n) is 6.04. The van der Waals surface area contributed by atoms with E-state index in [1.54, 1.807) is 6.07 Å². The van der Waals surface area contributed by atoms with Crippen molar-refractivity contribution in [1.29, 1.82) is 0 Å². The van der Waals surface area contributed by atoms with Crippen molar-refractivity contribution in [3.8, 4) is 5.69 Å². The van der Waals surface area contributed by atoms with Gasteiger partial charge in [0.2, 0.25) is 0 Å². The maximum absolute atomic E-state index is 13.3. The number of aromatic nitrogens is 3. The van der Waals surface area contributed by atoms with Gasteiger partial charge in [0, 0.05) is 10.2 Å². The van der Waals surface area contributed by atoms with Gasteiger partial charge in [-0.15, -0.1) is 0 Å². The summed E-state index contributed by atoms with van der Waals surface area (Å²) in [5.74, 6) is 0.160. The lowest BCUT2D eigenvalue weighted by Gasteiger charge is -2.10. The highest BCUT2D eigenvalue weighted by Gasteiger charge is 2.17. The van der Waals surface area contributed by atoms with Gasteiger partial charge < -0.3 is 5.73 Å². The van der Waals surface area contributed by atoms with Crippen LogP contribution < -0.4 is 5.73 Å². The minimum absolute atomic E-state index is 0.291. The molecule has 20 heavy (non-hydrogen) atoms. The van der Waals surface area contributed by atoms with E-state index in [9.17, 15) is 4.39 Å². The smallest absolute Gasteiger partial charge is 0.150 e. The minimum atomic E-state index is -0.291. The molecule has 0 aliphatic carbocycles. The van der Waals surface area contributed by atoms with E-state index < -0.39 is 0 Å². The Balaban J connectivity index is 2.42. The number of benzene rings is 1. The van der Waals surface area contributed by atoms with E-state index in [-0.39, 0.29) is 5.82 Å². The van der Waals surface area contributed by atoms with Crippen LogP contribution in [0.2, 0.25) is 0 Å². The molecule has 0 saturated carbocycles. The van der Waals surface area contributed by atoms with Crippen LogP contribution >= 0.6 is 15.9 Å². The molecule has 2 N–H and O–H groups in total. The largest absolute Gasteiger partial charge is 0.383 e. The van der Waals surface area contributed by atoms with Crippen LogP contribution in [-0.4, -0.2) is 14.5 Å². The van der Waals surface area contributed by atoms with Crippen LogP contribution in [0.1, 0.15) is 11.3 Å². The topological polar surface area (TPSA) is 56.7 Å². The number of hydrogen-bond donors (Lipinski definition) is 1. The fourth-order valence-electron chi connectivity index (χ4n) is 2.38. The van der Waals surface area contributed by atoms with Gasteiger partial charge in [0.1, 0.15) is 18.0 Å². The van der Waals surface area contributed by atoms with Crippen LogP contribution in [0.4, 0.5) is 10.2 Å². The summed E-state index contributed by atoms with van der Waals surface area (Å²) in [5.41, 5.74) is 9.51. The Morgan fingerprint density at radius 3 is 2.70 bits per heavy atom. The Labute approximate surface area is 123 Å². The van der Waals surface area contributed by atoms with Gasteiger partial charge in [0.05, 0.1) is 11.1 Å². The number of nitrogen functional groups attached to an aromatic ring is 1. The maximum Gasteiger partial charge on any atom is 0.150 e. The van der Waals surface area contributed by atoms with Gasteiger partial charge in [0.25, 0.3) is 0 Å². The molecule has 6 heteroatoms. The first kappa shape index (κ1) is 13.1. The summed E-state index contributed by atoms with van der Waals surface area (Å²) in [6.45, 7) is 3.96. The monoisotopic (exact) mass is 334 g/mol. The zero-order valence-electron chi connectivity index (χ0n) is 11.0. The average molecular weight is 335 g/mol. The first-order chi connectivity index (χ1) is 9.50. The van der Waals surface area contributed by atoms with E-state index in [1.807, 2.05) is 18.4 Å². The number of halogens is 2. The molecular formula is C14H12BrFN4. The van der Waals surface area contributed by atoms with Gasteiger partial charge in [-0.05, 0) is 53.5 Å². The molecule has 0 radical (unpaired) electrons. The summed E-state index contributed by atoms with van der Waals surface area (Å²) in [4.78, 5) is 8.36. The molecule has 0 amide bonds. The molecule has 0 fully saturated rings. The molecule has 102 valence electrons. The summed E-state index contributed by atoms with van der Waals surface area (Å²) in [5, 5.41) is 0.834. The zero-order valence-corrected chi connectivity index (χ0v) is 12.6. The third-order valence-corrected chi connectivity index (χ3v) is 4.11. The lowest BCUT2D eigenvalue weighted by molar-refractivity contribution is 0.626. The predicted octanol–water partition coefficient (Wildman–Crippen LogP) is 3.52. The zero-order chi connectivity index (χ0) is 14.4. The Hall–Kier alpha value is -1.95. The van der Waals surface area contributed by atoms with E-state index >= 15 is 0 Å². The number of fused-ring (bicyclic) bond motifs is 1. The van der Waals surface area contributed by atoms with Crippen molar-refractivity contribution >= 4 is 32.8 Å². The van der Waals surface area contributed by atoms with Crippen molar-refractivity contribution in [3.63, 3.8) is 0 Å². The quantitative estimate of drug-likeness (QED) is 0.740. The number of nitrogens with two attached hydrogens (primary N) is 1. The summed E-state index contributed by atoms with van der Waals surface area (Å²) in [7, 11) is 0. The van der Waals surface area contributed by atoms with E-state index in [1.165, 1.54) is 18.5 Å². The van der Waals surface area contributed by atoms with Gasteiger partial charge in [-0.25, -0.2) is 14.4 Å². The normalized spacial score (nSPS) is 11.2. The molecule has 0 spiro atoms. The number of anilines is 1. The minimum Gasteiger partial charge on any atom is -0.383 e. The highest BCUT2D eigenvalue weighted by Crippen LogP contribution is 2.32. The number of rotatable bonds is 1. The van der Waals surface area contributed by atoms with E-state index in [4.69, 9.17) is 5.73 Å². The Morgan fingerprint density at radius 2 is 2.00 bits per heavy atom. The van der Waals surface area contributed by atoms with Crippen molar-refractivity contribution in [2.24, 2.45) is 0 Å². The molecule has 0 atom stereocenters. The fourth-order valence-corrected chi connectivity index (χ4v) is 2.91. The molecular weight excluding hydrogens is 323 g/mol. The van der Waals surface area contributed by atoms with Crippen LogP contribution in [0.25, 0.3) is 16.7 Å². The van der Waals surface area contributed by atoms with Crippen molar-refractivity contribution in [3.05, 3.63) is 46.1 Å². The second-order valence-corrected chi connectivity index (χ2v) is 5.45. The Kier molecular flexibility index (Phi) is 2.97. The van der Waals surface area contributed by atoms with Gasteiger partial charge in [-0.3, -0.25) is 4.57 Å². The summed E-state index contributed by atoms with van der Waals surface area (Å²) < 4.78 is 15.9. The molecule has 4 nitrogen and oxygen atoms in total. The number of hydrogen-bond acceptors (Lipinski definition) is 3. The van der Waals surface area contributed by atoms with Gasteiger partial charge in [0.15, 0.2) is 5.65 Å². The summed E-state index contributed by atoms with van der Waals surface area (Å²) in [6, 6.07) is 4.56. The molecule has 1 aromatic carbocycles. The van der Waals surface area contributed by atoms with Gasteiger partial charge in [-0.2, -0.15) is 0 Å². The van der Waals surface area contributed by atoms with Crippen molar-refractivity contribution in [1.82, 2.24) is 14.5 Å². The van der Waals surface area contributed by atoms with E-state index in [2.05, 4.69) is 25.9 Å². The molecule has 0 saturated heterocycles. The molecule has 2 heterocycles. The molecule has 3 rings (SSSR count). The Bertz CT molecular complexity index is 826. The molecule has 0 bridgehead atoms. The third-order valence-electron chi connectivity index (χ3n) is 3.47. The summed E-state index contributed by atoms with van der Waals surface area (Å²) in [6.07, 6.45) is 1.43. The van der Waals surface area contributed by atoms with Crippen molar-refractivity contribution in [2.45, 2.75) is 13.8 Å². The standard InChI is InChI=1S/C14H12BrFN4/c1-7-8(2)20(11-4-3-9(16)5-10(11)15)14-12(7)13(17)18-6-19-14/h3-6H,1-2H3,(H2,17,18,19). The second kappa shape index (κ2) is 4.56. The SMILES string of the molecule is Cc1c(C)n(-c2ccc(F)cc2Br)c2ncnc(N)c12. The van der Waals surface area contributed by atoms with Crippen molar-refractivity contribution < 1.29 is 4.39 Å². The van der Waals surface area contributed by atoms with Crippen LogP contribution in [0.3, 0.4) is 0 Å². The van der Waals surface area contributed by atoms with E-state index in [0.29, 0.717) is 10.3 Å². The van der Waals surface area contributed by atoms with Crippen LogP contribution in [0, 0.1) is 19.7 Å². The van der Waals surface area contributed by atoms with Gasteiger partial charge in [-0.1, -0.05) is 0 Å². The highest BCUT2D eigenvalue weighted by molar-refractivity contribution is 9.10. The van der Waals surface area contributed by atoms with Crippen LogP contribution in [0.5, 0.6) is 0 Å². The molecule has 3 aromatic rings. The predicted molar refractivity (Wildman–Crippen MR) is 80.4 cm³/mol. The number of nitrogens with zero attached hydrogens (tertiary/aromatic N) is 3. The third kappa shape index (κ3) is 1.79. The molecule has 0 aliphatic heterocycles. The average Bonchev–Trinajstić information content (AvgIpc) is 2.64. The maximum atomic E-state index is 13.3. The molecule has 2 aromatic heterocycles. The molecule has 0 unspecified atom stereocenters.